The standard InChI is InChI=1S/C20H33N/c1-4-5-8-18-10-12-20(13-11-18,16-21-3)15-19-9-6-7-17(2)14-19/h6-7,9,14,18,21H,4-5,8,10-13,15-16H2,1-3H3. The van der Waals surface area contributed by atoms with Gasteiger partial charge in [-0.1, -0.05) is 56.0 Å². The van der Waals surface area contributed by atoms with E-state index < -0.39 is 0 Å². The maximum absolute atomic E-state index is 3.47. The van der Waals surface area contributed by atoms with E-state index in [0.717, 1.165) is 5.92 Å². The highest BCUT2D eigenvalue weighted by Gasteiger charge is 2.34. The van der Waals surface area contributed by atoms with Crippen molar-refractivity contribution >= 4 is 0 Å². The fourth-order valence-corrected chi connectivity index (χ4v) is 4.12. The number of aryl methyl sites for hydroxylation is 1. The highest BCUT2D eigenvalue weighted by Crippen LogP contribution is 2.42. The molecule has 1 fully saturated rings. The molecule has 0 atom stereocenters. The molecule has 0 bridgehead atoms. The molecule has 1 saturated carbocycles. The van der Waals surface area contributed by atoms with Crippen molar-refractivity contribution in [3.05, 3.63) is 35.4 Å². The van der Waals surface area contributed by atoms with Crippen LogP contribution in [0.2, 0.25) is 0 Å². The Hall–Kier alpha value is -0.820. The van der Waals surface area contributed by atoms with Gasteiger partial charge in [-0.3, -0.25) is 0 Å². The highest BCUT2D eigenvalue weighted by molar-refractivity contribution is 5.23. The van der Waals surface area contributed by atoms with Gasteiger partial charge in [0.15, 0.2) is 0 Å². The van der Waals surface area contributed by atoms with Gasteiger partial charge in [-0.25, -0.2) is 0 Å². The summed E-state index contributed by atoms with van der Waals surface area (Å²) >= 11 is 0. The quantitative estimate of drug-likeness (QED) is 0.733. The Morgan fingerprint density at radius 2 is 2.00 bits per heavy atom. The minimum atomic E-state index is 0.491. The molecule has 0 aromatic heterocycles. The molecular formula is C20H33N. The molecule has 0 heterocycles. The van der Waals surface area contributed by atoms with Gasteiger partial charge < -0.3 is 5.32 Å². The molecule has 0 spiro atoms. The van der Waals surface area contributed by atoms with Gasteiger partial charge in [-0.15, -0.1) is 0 Å². The van der Waals surface area contributed by atoms with Crippen molar-refractivity contribution in [1.82, 2.24) is 5.32 Å². The van der Waals surface area contributed by atoms with E-state index in [4.69, 9.17) is 0 Å². The lowest BCUT2D eigenvalue weighted by molar-refractivity contribution is 0.141. The summed E-state index contributed by atoms with van der Waals surface area (Å²) in [6, 6.07) is 9.11. The van der Waals surface area contributed by atoms with Crippen LogP contribution >= 0.6 is 0 Å². The van der Waals surface area contributed by atoms with Crippen LogP contribution in [-0.2, 0) is 6.42 Å². The smallest absolute Gasteiger partial charge is 0.000800 e. The Morgan fingerprint density at radius 1 is 1.24 bits per heavy atom. The van der Waals surface area contributed by atoms with Gasteiger partial charge in [0.1, 0.15) is 0 Å². The van der Waals surface area contributed by atoms with E-state index in [0.29, 0.717) is 5.41 Å². The van der Waals surface area contributed by atoms with Gasteiger partial charge in [0.2, 0.25) is 0 Å². The van der Waals surface area contributed by atoms with Crippen molar-refractivity contribution in [2.75, 3.05) is 13.6 Å². The molecule has 118 valence electrons. The second-order valence-electron chi connectivity index (χ2n) is 7.28. The molecule has 1 aliphatic rings. The summed E-state index contributed by atoms with van der Waals surface area (Å²) in [5.74, 6) is 0.993. The van der Waals surface area contributed by atoms with Crippen LogP contribution in [0, 0.1) is 18.3 Å². The monoisotopic (exact) mass is 287 g/mol. The zero-order valence-corrected chi connectivity index (χ0v) is 14.3. The van der Waals surface area contributed by atoms with Crippen LogP contribution in [0.25, 0.3) is 0 Å². The lowest BCUT2D eigenvalue weighted by Gasteiger charge is -2.41. The SMILES string of the molecule is CCCCC1CCC(CNC)(Cc2cccc(C)c2)CC1. The minimum Gasteiger partial charge on any atom is -0.319 e. The molecular weight excluding hydrogens is 254 g/mol. The molecule has 1 aliphatic carbocycles. The molecule has 1 nitrogen and oxygen atoms in total. The van der Waals surface area contributed by atoms with Gasteiger partial charge >= 0.3 is 0 Å². The zero-order valence-electron chi connectivity index (χ0n) is 14.3. The summed E-state index contributed by atoms with van der Waals surface area (Å²) in [6.07, 6.45) is 11.1. The van der Waals surface area contributed by atoms with E-state index in [-0.39, 0.29) is 0 Å². The number of nitrogens with one attached hydrogen (secondary N) is 1. The number of hydrogen-bond acceptors (Lipinski definition) is 1. The third kappa shape index (κ3) is 4.85. The molecule has 21 heavy (non-hydrogen) atoms. The molecule has 1 N–H and O–H groups in total. The van der Waals surface area contributed by atoms with Crippen molar-refractivity contribution in [2.24, 2.45) is 11.3 Å². The Balaban J connectivity index is 1.98. The van der Waals surface area contributed by atoms with Crippen LogP contribution in [-0.4, -0.2) is 13.6 Å². The maximum atomic E-state index is 3.47. The molecule has 1 heteroatoms. The lowest BCUT2D eigenvalue weighted by Crippen LogP contribution is -2.38. The summed E-state index contributed by atoms with van der Waals surface area (Å²) in [7, 11) is 2.11. The fraction of sp³-hybridized carbons (Fsp3) is 0.700. The Bertz CT molecular complexity index is 416. The second kappa shape index (κ2) is 7.98. The summed E-state index contributed by atoms with van der Waals surface area (Å²) in [4.78, 5) is 0. The van der Waals surface area contributed by atoms with Crippen LogP contribution in [0.3, 0.4) is 0 Å². The minimum absolute atomic E-state index is 0.491. The number of unbranched alkanes of at least 4 members (excludes halogenated alkanes) is 1. The Kier molecular flexibility index (Phi) is 6.29. The normalized spacial score (nSPS) is 26.0. The number of benzene rings is 1. The topological polar surface area (TPSA) is 12.0 Å². The Morgan fingerprint density at radius 3 is 2.62 bits per heavy atom. The summed E-state index contributed by atoms with van der Waals surface area (Å²) < 4.78 is 0. The first-order chi connectivity index (χ1) is 10.2. The van der Waals surface area contributed by atoms with Gasteiger partial charge in [-0.2, -0.15) is 0 Å². The molecule has 0 saturated heterocycles. The van der Waals surface area contributed by atoms with Crippen molar-refractivity contribution in [3.63, 3.8) is 0 Å². The van der Waals surface area contributed by atoms with Crippen LogP contribution < -0.4 is 5.32 Å². The molecule has 0 unspecified atom stereocenters. The third-order valence-electron chi connectivity index (χ3n) is 5.35. The third-order valence-corrected chi connectivity index (χ3v) is 5.35. The molecule has 1 aromatic rings. The summed E-state index contributed by atoms with van der Waals surface area (Å²) in [5.41, 5.74) is 3.41. The van der Waals surface area contributed by atoms with E-state index in [2.05, 4.69) is 50.5 Å². The highest BCUT2D eigenvalue weighted by atomic mass is 14.8. The van der Waals surface area contributed by atoms with Gasteiger partial charge in [0.25, 0.3) is 0 Å². The first-order valence-corrected chi connectivity index (χ1v) is 8.87. The number of hydrogen-bond donors (Lipinski definition) is 1. The van der Waals surface area contributed by atoms with Crippen molar-refractivity contribution in [1.29, 1.82) is 0 Å². The summed E-state index contributed by atoms with van der Waals surface area (Å²) in [6.45, 7) is 5.68. The van der Waals surface area contributed by atoms with Crippen LogP contribution in [0.5, 0.6) is 0 Å². The second-order valence-corrected chi connectivity index (χ2v) is 7.28. The lowest BCUT2D eigenvalue weighted by atomic mass is 9.66. The first kappa shape index (κ1) is 16.5. The molecule has 0 radical (unpaired) electrons. The van der Waals surface area contributed by atoms with Crippen molar-refractivity contribution in [2.45, 2.75) is 65.2 Å². The maximum Gasteiger partial charge on any atom is 0.000800 e. The Labute approximate surface area is 131 Å². The zero-order chi connectivity index (χ0) is 15.1. The molecule has 2 rings (SSSR count). The van der Waals surface area contributed by atoms with Crippen LogP contribution in [0.4, 0.5) is 0 Å². The average Bonchev–Trinajstić information content (AvgIpc) is 2.47. The van der Waals surface area contributed by atoms with E-state index in [1.807, 2.05) is 0 Å². The first-order valence-electron chi connectivity index (χ1n) is 8.87. The van der Waals surface area contributed by atoms with Gasteiger partial charge in [0, 0.05) is 6.54 Å². The predicted molar refractivity (Wildman–Crippen MR) is 92.7 cm³/mol. The predicted octanol–water partition coefficient (Wildman–Crippen LogP) is 5.12. The van der Waals surface area contributed by atoms with E-state index in [1.165, 1.54) is 69.0 Å². The van der Waals surface area contributed by atoms with E-state index in [1.54, 1.807) is 0 Å². The van der Waals surface area contributed by atoms with E-state index >= 15 is 0 Å². The number of rotatable bonds is 7. The fourth-order valence-electron chi connectivity index (χ4n) is 4.12. The van der Waals surface area contributed by atoms with Gasteiger partial charge in [-0.05, 0) is 63.0 Å². The van der Waals surface area contributed by atoms with Crippen molar-refractivity contribution in [3.8, 4) is 0 Å². The molecule has 1 aromatic carbocycles. The van der Waals surface area contributed by atoms with Gasteiger partial charge in [0.05, 0.1) is 0 Å². The summed E-state index contributed by atoms with van der Waals surface area (Å²) in [5, 5.41) is 3.47. The molecule has 0 amide bonds. The van der Waals surface area contributed by atoms with Crippen LogP contribution in [0.15, 0.2) is 24.3 Å². The average molecular weight is 287 g/mol. The molecule has 0 aliphatic heterocycles. The largest absolute Gasteiger partial charge is 0.319 e. The van der Waals surface area contributed by atoms with Crippen LogP contribution in [0.1, 0.15) is 63.0 Å². The van der Waals surface area contributed by atoms with Crippen molar-refractivity contribution < 1.29 is 0 Å². The van der Waals surface area contributed by atoms with E-state index in [9.17, 15) is 0 Å².